The lowest BCUT2D eigenvalue weighted by molar-refractivity contribution is -0.126. The molecule has 134 valence electrons. The number of nitrogens with one attached hydrogen (secondary N) is 1. The van der Waals surface area contributed by atoms with Gasteiger partial charge in [0.05, 0.1) is 0 Å². The van der Waals surface area contributed by atoms with E-state index in [9.17, 15) is 13.2 Å². The summed E-state index contributed by atoms with van der Waals surface area (Å²) in [4.78, 5) is 13.4. The van der Waals surface area contributed by atoms with Crippen LogP contribution in [0, 0.1) is 5.92 Å². The Morgan fingerprint density at radius 3 is 2.46 bits per heavy atom. The molecule has 2 fully saturated rings. The highest BCUT2D eigenvalue weighted by atomic mass is 32.2. The average molecular weight is 371 g/mol. The van der Waals surface area contributed by atoms with Gasteiger partial charge in [-0.25, -0.2) is 8.42 Å². The average Bonchev–Trinajstić information content (AvgIpc) is 3.26. The van der Waals surface area contributed by atoms with E-state index < -0.39 is 10.0 Å². The number of piperidine rings is 1. The summed E-state index contributed by atoms with van der Waals surface area (Å²) in [5.41, 5.74) is 0. The molecule has 1 saturated carbocycles. The lowest BCUT2D eigenvalue weighted by atomic mass is 9.97. The Hall–Kier alpha value is -0.920. The van der Waals surface area contributed by atoms with Crippen LogP contribution >= 0.6 is 11.3 Å². The van der Waals surface area contributed by atoms with E-state index in [1.165, 1.54) is 28.5 Å². The summed E-state index contributed by atoms with van der Waals surface area (Å²) in [6.45, 7) is 2.89. The van der Waals surface area contributed by atoms with Crippen LogP contribution in [0.2, 0.25) is 0 Å². The van der Waals surface area contributed by atoms with Gasteiger partial charge in [0.2, 0.25) is 5.91 Å². The molecule has 0 unspecified atom stereocenters. The van der Waals surface area contributed by atoms with Gasteiger partial charge >= 0.3 is 0 Å². The van der Waals surface area contributed by atoms with Crippen LogP contribution in [0.15, 0.2) is 16.3 Å². The molecule has 0 radical (unpaired) electrons. The standard InChI is InChI=1S/C17H26N2O3S2/c1-2-15-7-8-16(23-15)24(21,22)19-11-9-13(10-12-19)17(20)18-14-5-3-4-6-14/h7-8,13-14H,2-6,9-12H2,1H3,(H,18,20). The highest BCUT2D eigenvalue weighted by Gasteiger charge is 2.33. The molecule has 0 aromatic carbocycles. The first-order valence-corrected chi connectivity index (χ1v) is 11.2. The van der Waals surface area contributed by atoms with Gasteiger partial charge in [0.25, 0.3) is 10.0 Å². The lowest BCUT2D eigenvalue weighted by Crippen LogP contribution is -2.44. The fourth-order valence-electron chi connectivity index (χ4n) is 3.56. The number of aryl methyl sites for hydroxylation is 1. The van der Waals surface area contributed by atoms with Gasteiger partial charge in [-0.05, 0) is 44.2 Å². The van der Waals surface area contributed by atoms with Gasteiger partial charge in [-0.1, -0.05) is 19.8 Å². The van der Waals surface area contributed by atoms with E-state index in [-0.39, 0.29) is 11.8 Å². The molecule has 7 heteroatoms. The van der Waals surface area contributed by atoms with Crippen molar-refractivity contribution in [3.63, 3.8) is 0 Å². The fraction of sp³-hybridized carbons (Fsp3) is 0.706. The largest absolute Gasteiger partial charge is 0.353 e. The third-order valence-electron chi connectivity index (χ3n) is 5.11. The number of amides is 1. The maximum Gasteiger partial charge on any atom is 0.252 e. The number of sulfonamides is 1. The van der Waals surface area contributed by atoms with E-state index in [0.717, 1.165) is 24.1 Å². The zero-order chi connectivity index (χ0) is 17.2. The van der Waals surface area contributed by atoms with Crippen molar-refractivity contribution >= 4 is 27.3 Å². The highest BCUT2D eigenvalue weighted by molar-refractivity contribution is 7.91. The smallest absolute Gasteiger partial charge is 0.252 e. The van der Waals surface area contributed by atoms with Crippen molar-refractivity contribution in [1.29, 1.82) is 0 Å². The maximum atomic E-state index is 12.7. The van der Waals surface area contributed by atoms with E-state index >= 15 is 0 Å². The minimum atomic E-state index is -3.40. The molecule has 0 spiro atoms. The van der Waals surface area contributed by atoms with Crippen LogP contribution in [0.25, 0.3) is 0 Å². The summed E-state index contributed by atoms with van der Waals surface area (Å²) < 4.78 is 27.4. The summed E-state index contributed by atoms with van der Waals surface area (Å²) in [5.74, 6) is 0.0647. The monoisotopic (exact) mass is 370 g/mol. The fourth-order valence-corrected chi connectivity index (χ4v) is 6.48. The van der Waals surface area contributed by atoms with Crippen molar-refractivity contribution in [2.75, 3.05) is 13.1 Å². The molecule has 24 heavy (non-hydrogen) atoms. The molecular formula is C17H26N2O3S2. The summed E-state index contributed by atoms with van der Waals surface area (Å²) in [6.07, 6.45) is 6.63. The second-order valence-electron chi connectivity index (χ2n) is 6.74. The van der Waals surface area contributed by atoms with Crippen LogP contribution in [0.4, 0.5) is 0 Å². The Morgan fingerprint density at radius 1 is 1.21 bits per heavy atom. The molecule has 1 N–H and O–H groups in total. The minimum Gasteiger partial charge on any atom is -0.353 e. The third kappa shape index (κ3) is 3.83. The van der Waals surface area contributed by atoms with E-state index in [1.54, 1.807) is 6.07 Å². The molecule has 1 aliphatic carbocycles. The first-order chi connectivity index (χ1) is 11.5. The van der Waals surface area contributed by atoms with Gasteiger partial charge in [-0.15, -0.1) is 11.3 Å². The minimum absolute atomic E-state index is 0.0495. The Bertz CT molecular complexity index is 670. The Balaban J connectivity index is 1.56. The summed E-state index contributed by atoms with van der Waals surface area (Å²) >= 11 is 1.35. The molecule has 5 nitrogen and oxygen atoms in total. The Labute approximate surface area is 148 Å². The molecule has 1 saturated heterocycles. The van der Waals surface area contributed by atoms with Crippen LogP contribution in [-0.4, -0.2) is 37.8 Å². The lowest BCUT2D eigenvalue weighted by Gasteiger charge is -2.30. The number of thiophene rings is 1. The number of hydrogen-bond donors (Lipinski definition) is 1. The predicted octanol–water partition coefficient (Wildman–Crippen LogP) is 2.77. The zero-order valence-electron chi connectivity index (χ0n) is 14.2. The van der Waals surface area contributed by atoms with Crippen molar-refractivity contribution < 1.29 is 13.2 Å². The molecule has 1 aliphatic heterocycles. The topological polar surface area (TPSA) is 66.5 Å². The van der Waals surface area contributed by atoms with Gasteiger partial charge < -0.3 is 5.32 Å². The molecular weight excluding hydrogens is 344 g/mol. The van der Waals surface area contributed by atoms with E-state index in [4.69, 9.17) is 0 Å². The van der Waals surface area contributed by atoms with Crippen molar-refractivity contribution in [3.8, 4) is 0 Å². The molecule has 3 rings (SSSR count). The molecule has 2 aliphatic rings. The van der Waals surface area contributed by atoms with Crippen LogP contribution in [0.1, 0.15) is 50.3 Å². The molecule has 1 aromatic heterocycles. The quantitative estimate of drug-likeness (QED) is 0.867. The first kappa shape index (κ1) is 17.9. The first-order valence-electron chi connectivity index (χ1n) is 8.90. The van der Waals surface area contributed by atoms with Crippen molar-refractivity contribution in [2.45, 2.75) is 62.1 Å². The summed E-state index contributed by atoms with van der Waals surface area (Å²) in [7, 11) is -3.40. The number of carbonyl (C=O) groups is 1. The van der Waals surface area contributed by atoms with Gasteiger partial charge in [0.15, 0.2) is 0 Å². The predicted molar refractivity (Wildman–Crippen MR) is 95.6 cm³/mol. The van der Waals surface area contributed by atoms with Crippen molar-refractivity contribution in [1.82, 2.24) is 9.62 Å². The van der Waals surface area contributed by atoms with Crippen LogP contribution in [-0.2, 0) is 21.2 Å². The summed E-state index contributed by atoms with van der Waals surface area (Å²) in [6, 6.07) is 3.93. The second kappa shape index (κ2) is 7.54. The second-order valence-corrected chi connectivity index (χ2v) is 10.1. The van der Waals surface area contributed by atoms with Gasteiger partial charge in [0, 0.05) is 29.9 Å². The third-order valence-corrected chi connectivity index (χ3v) is 8.70. The molecule has 2 heterocycles. The van der Waals surface area contributed by atoms with E-state index in [0.29, 0.717) is 36.2 Å². The number of nitrogens with zero attached hydrogens (tertiary/aromatic N) is 1. The summed E-state index contributed by atoms with van der Waals surface area (Å²) in [5, 5.41) is 3.14. The van der Waals surface area contributed by atoms with Crippen molar-refractivity contribution in [3.05, 3.63) is 17.0 Å². The SMILES string of the molecule is CCc1ccc(S(=O)(=O)N2CCC(C(=O)NC3CCCC3)CC2)s1. The maximum absolute atomic E-state index is 12.7. The van der Waals surface area contributed by atoms with Crippen molar-refractivity contribution in [2.24, 2.45) is 5.92 Å². The number of carbonyl (C=O) groups excluding carboxylic acids is 1. The van der Waals surface area contributed by atoms with Crippen LogP contribution in [0.3, 0.4) is 0 Å². The molecule has 1 aromatic rings. The molecule has 0 atom stereocenters. The normalized spacial score (nSPS) is 21.2. The molecule has 1 amide bonds. The van der Waals surface area contributed by atoms with Gasteiger partial charge in [-0.2, -0.15) is 4.31 Å². The van der Waals surface area contributed by atoms with Crippen LogP contribution in [0.5, 0.6) is 0 Å². The Kier molecular flexibility index (Phi) is 5.62. The Morgan fingerprint density at radius 2 is 1.88 bits per heavy atom. The van der Waals surface area contributed by atoms with E-state index in [1.807, 2.05) is 13.0 Å². The van der Waals surface area contributed by atoms with Gasteiger partial charge in [0.1, 0.15) is 4.21 Å². The van der Waals surface area contributed by atoms with Gasteiger partial charge in [-0.3, -0.25) is 4.79 Å². The zero-order valence-corrected chi connectivity index (χ0v) is 15.8. The van der Waals surface area contributed by atoms with Crippen LogP contribution < -0.4 is 5.32 Å². The highest BCUT2D eigenvalue weighted by Crippen LogP contribution is 2.29. The van der Waals surface area contributed by atoms with E-state index in [2.05, 4.69) is 5.32 Å². The number of hydrogen-bond acceptors (Lipinski definition) is 4. The molecule has 0 bridgehead atoms. The number of rotatable bonds is 5.